The van der Waals surface area contributed by atoms with Crippen LogP contribution in [0.3, 0.4) is 0 Å². The molecule has 2 N–H and O–H groups in total. The molecule has 1 saturated heterocycles. The van der Waals surface area contributed by atoms with Gasteiger partial charge in [-0.25, -0.2) is 4.79 Å². The van der Waals surface area contributed by atoms with Crippen LogP contribution >= 0.6 is 0 Å². The number of nitrogens with one attached hydrogen (secondary N) is 2. The maximum Gasteiger partial charge on any atom is 0.410 e. The molecule has 0 aromatic carbocycles. The summed E-state index contributed by atoms with van der Waals surface area (Å²) >= 11 is 0. The van der Waals surface area contributed by atoms with Crippen LogP contribution < -0.4 is 5.32 Å². The minimum absolute atomic E-state index is 0.175. The van der Waals surface area contributed by atoms with Gasteiger partial charge in [0.15, 0.2) is 0 Å². The molecule has 2 rings (SSSR count). The first-order valence-electron chi connectivity index (χ1n) is 9.44. The lowest BCUT2D eigenvalue weighted by atomic mass is 9.98. The summed E-state index contributed by atoms with van der Waals surface area (Å²) in [5, 5.41) is 9.96. The topological polar surface area (TPSA) is 87.3 Å². The molecule has 0 saturated carbocycles. The van der Waals surface area contributed by atoms with Crippen LogP contribution in [0.25, 0.3) is 0 Å². The molecule has 146 valence electrons. The first-order valence-corrected chi connectivity index (χ1v) is 9.44. The number of nitrogens with zero attached hydrogens (tertiary/aromatic N) is 2. The van der Waals surface area contributed by atoms with Gasteiger partial charge in [-0.3, -0.25) is 9.89 Å². The van der Waals surface area contributed by atoms with E-state index < -0.39 is 5.60 Å². The second-order valence-electron chi connectivity index (χ2n) is 8.52. The van der Waals surface area contributed by atoms with E-state index in [1.807, 2.05) is 26.8 Å². The average Bonchev–Trinajstić information content (AvgIpc) is 2.99. The maximum atomic E-state index is 12.3. The van der Waals surface area contributed by atoms with Crippen molar-refractivity contribution in [3.63, 3.8) is 0 Å². The summed E-state index contributed by atoms with van der Waals surface area (Å²) in [5.41, 5.74) is 0.894. The minimum Gasteiger partial charge on any atom is -0.444 e. The number of piperidine rings is 1. The lowest BCUT2D eigenvalue weighted by Crippen LogP contribution is -2.45. The molecule has 0 aliphatic carbocycles. The van der Waals surface area contributed by atoms with Gasteiger partial charge in [-0.2, -0.15) is 5.10 Å². The van der Waals surface area contributed by atoms with Crippen LogP contribution in [0, 0.1) is 11.8 Å². The van der Waals surface area contributed by atoms with E-state index in [4.69, 9.17) is 4.74 Å². The summed E-state index contributed by atoms with van der Waals surface area (Å²) in [7, 11) is 0. The van der Waals surface area contributed by atoms with Gasteiger partial charge in [0, 0.05) is 25.3 Å². The summed E-state index contributed by atoms with van der Waals surface area (Å²) in [6.07, 6.45) is 2.49. The molecule has 1 atom stereocenters. The van der Waals surface area contributed by atoms with Crippen molar-refractivity contribution < 1.29 is 14.3 Å². The molecule has 1 fully saturated rings. The normalized spacial score (nSPS) is 18.1. The zero-order valence-electron chi connectivity index (χ0n) is 16.6. The number of ether oxygens (including phenoxy) is 1. The van der Waals surface area contributed by atoms with Gasteiger partial charge in [-0.1, -0.05) is 13.8 Å². The molecular formula is C19H32N4O3. The second kappa shape index (κ2) is 8.56. The quantitative estimate of drug-likeness (QED) is 0.841. The van der Waals surface area contributed by atoms with E-state index in [1.165, 1.54) is 0 Å². The summed E-state index contributed by atoms with van der Waals surface area (Å²) in [6, 6.07) is 1.81. The highest BCUT2D eigenvalue weighted by Gasteiger charge is 2.28. The summed E-state index contributed by atoms with van der Waals surface area (Å²) in [6.45, 7) is 11.7. The largest absolute Gasteiger partial charge is 0.444 e. The number of aromatic amines is 1. The van der Waals surface area contributed by atoms with Gasteiger partial charge in [0.25, 0.3) is 5.91 Å². The molecular weight excluding hydrogens is 332 g/mol. The molecule has 0 spiro atoms. The van der Waals surface area contributed by atoms with E-state index in [1.54, 1.807) is 4.90 Å². The summed E-state index contributed by atoms with van der Waals surface area (Å²) in [5.74, 6) is 0.562. The van der Waals surface area contributed by atoms with Gasteiger partial charge in [-0.15, -0.1) is 0 Å². The van der Waals surface area contributed by atoms with E-state index in [9.17, 15) is 9.59 Å². The Hall–Kier alpha value is -2.05. The number of aromatic nitrogens is 2. The molecule has 2 heterocycles. The Balaban J connectivity index is 1.82. The van der Waals surface area contributed by atoms with Crippen molar-refractivity contribution in [3.05, 3.63) is 17.5 Å². The first kappa shape index (κ1) is 20.3. The Morgan fingerprint density at radius 3 is 2.81 bits per heavy atom. The van der Waals surface area contributed by atoms with E-state index in [2.05, 4.69) is 29.4 Å². The van der Waals surface area contributed by atoms with Crippen molar-refractivity contribution >= 4 is 12.0 Å². The third-order valence-electron chi connectivity index (χ3n) is 4.21. The van der Waals surface area contributed by atoms with Crippen molar-refractivity contribution in [2.45, 2.75) is 59.5 Å². The molecule has 1 unspecified atom stereocenters. The van der Waals surface area contributed by atoms with Gasteiger partial charge >= 0.3 is 6.09 Å². The van der Waals surface area contributed by atoms with Gasteiger partial charge in [0.1, 0.15) is 11.3 Å². The van der Waals surface area contributed by atoms with Crippen molar-refractivity contribution in [1.82, 2.24) is 20.4 Å². The molecule has 0 bridgehead atoms. The Morgan fingerprint density at radius 2 is 2.15 bits per heavy atom. The number of H-pyrrole nitrogens is 1. The minimum atomic E-state index is -0.494. The number of rotatable bonds is 5. The lowest BCUT2D eigenvalue weighted by molar-refractivity contribution is 0.0167. The van der Waals surface area contributed by atoms with Gasteiger partial charge in [0.05, 0.1) is 0 Å². The molecule has 0 radical (unpaired) electrons. The number of carbonyl (C=O) groups excluding carboxylic acids is 2. The van der Waals surface area contributed by atoms with Crippen LogP contribution in [0.4, 0.5) is 4.79 Å². The Morgan fingerprint density at radius 1 is 1.42 bits per heavy atom. The maximum absolute atomic E-state index is 12.3. The van der Waals surface area contributed by atoms with Crippen molar-refractivity contribution in [2.75, 3.05) is 19.6 Å². The number of hydrogen-bond acceptors (Lipinski definition) is 4. The number of likely N-dealkylation sites (tertiary alicyclic amines) is 1. The van der Waals surface area contributed by atoms with Gasteiger partial charge < -0.3 is 15.0 Å². The number of hydrogen-bond donors (Lipinski definition) is 2. The van der Waals surface area contributed by atoms with Gasteiger partial charge in [0.2, 0.25) is 0 Å². The monoisotopic (exact) mass is 364 g/mol. The van der Waals surface area contributed by atoms with Crippen LogP contribution in [0.1, 0.15) is 63.6 Å². The molecule has 1 aromatic rings. The highest BCUT2D eigenvalue weighted by atomic mass is 16.6. The summed E-state index contributed by atoms with van der Waals surface area (Å²) in [4.78, 5) is 26.2. The standard InChI is InChI=1S/C19H32N4O3/c1-13(2)9-15-10-16(22-21-15)17(24)20-11-14-7-6-8-23(12-14)18(25)26-19(3,4)5/h10,13-14H,6-9,11-12H2,1-5H3,(H,20,24)(H,21,22). The third-order valence-corrected chi connectivity index (χ3v) is 4.21. The van der Waals surface area contributed by atoms with E-state index in [0.29, 0.717) is 31.2 Å². The fourth-order valence-corrected chi connectivity index (χ4v) is 3.07. The van der Waals surface area contributed by atoms with Gasteiger partial charge in [-0.05, 0) is 57.9 Å². The smallest absolute Gasteiger partial charge is 0.410 e. The van der Waals surface area contributed by atoms with Crippen LogP contribution in [-0.2, 0) is 11.2 Å². The highest BCUT2D eigenvalue weighted by Crippen LogP contribution is 2.19. The molecule has 7 heteroatoms. The van der Waals surface area contributed by atoms with Crippen LogP contribution in [0.15, 0.2) is 6.07 Å². The molecule has 2 amide bonds. The Kier molecular flexibility index (Phi) is 6.67. The zero-order valence-corrected chi connectivity index (χ0v) is 16.6. The highest BCUT2D eigenvalue weighted by molar-refractivity contribution is 5.92. The third kappa shape index (κ3) is 6.35. The molecule has 7 nitrogen and oxygen atoms in total. The van der Waals surface area contributed by atoms with E-state index in [0.717, 1.165) is 25.0 Å². The molecule has 1 aliphatic heterocycles. The average molecular weight is 364 g/mol. The molecule has 26 heavy (non-hydrogen) atoms. The van der Waals surface area contributed by atoms with Crippen LogP contribution in [-0.4, -0.2) is 52.3 Å². The first-order chi connectivity index (χ1) is 12.1. The Labute approximate surface area is 155 Å². The fourth-order valence-electron chi connectivity index (χ4n) is 3.07. The van der Waals surface area contributed by atoms with E-state index >= 15 is 0 Å². The predicted molar refractivity (Wildman–Crippen MR) is 100.0 cm³/mol. The SMILES string of the molecule is CC(C)Cc1cc(C(=O)NCC2CCCN(C(=O)OC(C)(C)C)C2)n[nH]1. The van der Waals surface area contributed by atoms with Crippen LogP contribution in [0.5, 0.6) is 0 Å². The number of amides is 2. The molecule has 1 aliphatic rings. The predicted octanol–water partition coefficient (Wildman–Crippen LogP) is 2.99. The second-order valence-corrected chi connectivity index (χ2v) is 8.52. The Bertz CT molecular complexity index is 619. The number of carbonyl (C=O) groups is 2. The molecule has 1 aromatic heterocycles. The van der Waals surface area contributed by atoms with Crippen molar-refractivity contribution in [1.29, 1.82) is 0 Å². The fraction of sp³-hybridized carbons (Fsp3) is 0.737. The van der Waals surface area contributed by atoms with E-state index in [-0.39, 0.29) is 17.9 Å². The zero-order chi connectivity index (χ0) is 19.3. The van der Waals surface area contributed by atoms with Crippen molar-refractivity contribution in [2.24, 2.45) is 11.8 Å². The van der Waals surface area contributed by atoms with Crippen molar-refractivity contribution in [3.8, 4) is 0 Å². The summed E-state index contributed by atoms with van der Waals surface area (Å²) < 4.78 is 5.44. The van der Waals surface area contributed by atoms with Crippen LogP contribution in [0.2, 0.25) is 0 Å². The lowest BCUT2D eigenvalue weighted by Gasteiger charge is -2.34.